The van der Waals surface area contributed by atoms with Crippen LogP contribution in [0.5, 0.6) is 0 Å². The molecule has 0 saturated heterocycles. The fourth-order valence-electron chi connectivity index (χ4n) is 1.46. The summed E-state index contributed by atoms with van der Waals surface area (Å²) in [6.45, 7) is 2.51. The summed E-state index contributed by atoms with van der Waals surface area (Å²) in [4.78, 5) is 23.2. The Morgan fingerprint density at radius 2 is 2.33 bits per heavy atom. The molecule has 0 radical (unpaired) electrons. The molecule has 1 aliphatic rings. The van der Waals surface area contributed by atoms with E-state index in [9.17, 15) is 9.59 Å². The first kappa shape index (κ1) is 9.96. The predicted octanol–water partition coefficient (Wildman–Crippen LogP) is 1.22. The van der Waals surface area contributed by atoms with Gasteiger partial charge in [-0.05, 0) is 31.9 Å². The van der Waals surface area contributed by atoms with Crippen LogP contribution < -0.4 is 10.9 Å². The minimum atomic E-state index is -0.131. The van der Waals surface area contributed by atoms with Crippen LogP contribution >= 0.6 is 0 Å². The topological polar surface area (TPSA) is 51.1 Å². The first-order chi connectivity index (χ1) is 7.22. The quantitative estimate of drug-likeness (QED) is 0.808. The molecule has 1 aromatic heterocycles. The van der Waals surface area contributed by atoms with E-state index in [1.54, 1.807) is 22.9 Å². The Morgan fingerprint density at radius 3 is 2.93 bits per heavy atom. The number of aromatic nitrogens is 1. The van der Waals surface area contributed by atoms with Crippen molar-refractivity contribution in [1.29, 1.82) is 0 Å². The minimum absolute atomic E-state index is 0.0269. The SMILES string of the molecule is CCn1cccc(NC(=O)C2CC2)c1=O. The Labute approximate surface area is 87.9 Å². The summed E-state index contributed by atoms with van der Waals surface area (Å²) in [6, 6.07) is 3.42. The zero-order chi connectivity index (χ0) is 10.8. The van der Waals surface area contributed by atoms with Crippen molar-refractivity contribution in [1.82, 2.24) is 4.57 Å². The van der Waals surface area contributed by atoms with Gasteiger partial charge in [-0.2, -0.15) is 0 Å². The number of hydrogen-bond donors (Lipinski definition) is 1. The van der Waals surface area contributed by atoms with Gasteiger partial charge >= 0.3 is 0 Å². The number of nitrogens with zero attached hydrogens (tertiary/aromatic N) is 1. The maximum absolute atomic E-state index is 11.7. The molecule has 15 heavy (non-hydrogen) atoms. The van der Waals surface area contributed by atoms with Gasteiger partial charge in [-0.15, -0.1) is 0 Å². The van der Waals surface area contributed by atoms with Gasteiger partial charge in [-0.3, -0.25) is 9.59 Å². The molecule has 0 aromatic carbocycles. The summed E-state index contributed by atoms with van der Waals surface area (Å²) in [5.74, 6) is 0.0978. The lowest BCUT2D eigenvalue weighted by Crippen LogP contribution is -2.25. The summed E-state index contributed by atoms with van der Waals surface area (Å²) in [5, 5.41) is 2.67. The largest absolute Gasteiger partial charge is 0.321 e. The maximum atomic E-state index is 11.7. The van der Waals surface area contributed by atoms with Crippen LogP contribution in [-0.4, -0.2) is 10.5 Å². The Hall–Kier alpha value is -1.58. The Kier molecular flexibility index (Phi) is 2.58. The molecule has 1 amide bonds. The van der Waals surface area contributed by atoms with Gasteiger partial charge in [0.2, 0.25) is 5.91 Å². The van der Waals surface area contributed by atoms with Crippen LogP contribution in [0.15, 0.2) is 23.1 Å². The number of rotatable bonds is 3. The molecular weight excluding hydrogens is 192 g/mol. The molecule has 4 nitrogen and oxygen atoms in total. The Morgan fingerprint density at radius 1 is 1.60 bits per heavy atom. The molecule has 0 spiro atoms. The summed E-state index contributed by atoms with van der Waals surface area (Å²) in [7, 11) is 0. The highest BCUT2D eigenvalue weighted by molar-refractivity contribution is 5.93. The van der Waals surface area contributed by atoms with E-state index in [1.807, 2.05) is 6.92 Å². The highest BCUT2D eigenvalue weighted by Crippen LogP contribution is 2.29. The van der Waals surface area contributed by atoms with Crippen molar-refractivity contribution >= 4 is 11.6 Å². The van der Waals surface area contributed by atoms with E-state index in [1.165, 1.54) is 0 Å². The molecular formula is C11H14N2O2. The van der Waals surface area contributed by atoms with E-state index < -0.39 is 0 Å². The molecule has 0 aliphatic heterocycles. The summed E-state index contributed by atoms with van der Waals surface area (Å²) in [6.07, 6.45) is 3.61. The van der Waals surface area contributed by atoms with Gasteiger partial charge in [0.25, 0.3) is 5.56 Å². The van der Waals surface area contributed by atoms with E-state index >= 15 is 0 Å². The van der Waals surface area contributed by atoms with Crippen LogP contribution in [0, 0.1) is 5.92 Å². The zero-order valence-electron chi connectivity index (χ0n) is 8.69. The third-order valence-electron chi connectivity index (χ3n) is 2.57. The Bertz CT molecular complexity index is 432. The molecule has 2 rings (SSSR count). The van der Waals surface area contributed by atoms with Crippen LogP contribution in [0.25, 0.3) is 0 Å². The van der Waals surface area contributed by atoms with E-state index in [0.717, 1.165) is 12.8 Å². The molecule has 1 fully saturated rings. The number of pyridine rings is 1. The van der Waals surface area contributed by atoms with Crippen LogP contribution in [0.1, 0.15) is 19.8 Å². The normalized spacial score (nSPS) is 15.0. The number of anilines is 1. The van der Waals surface area contributed by atoms with E-state index in [0.29, 0.717) is 12.2 Å². The molecule has 0 bridgehead atoms. The molecule has 1 aliphatic carbocycles. The van der Waals surface area contributed by atoms with Crippen molar-refractivity contribution in [3.63, 3.8) is 0 Å². The van der Waals surface area contributed by atoms with Crippen molar-refractivity contribution in [2.75, 3.05) is 5.32 Å². The summed E-state index contributed by atoms with van der Waals surface area (Å²) < 4.78 is 1.57. The molecule has 80 valence electrons. The molecule has 1 N–H and O–H groups in total. The zero-order valence-corrected chi connectivity index (χ0v) is 8.69. The fraction of sp³-hybridized carbons (Fsp3) is 0.455. The second kappa shape index (κ2) is 3.88. The van der Waals surface area contributed by atoms with Gasteiger partial charge in [0.15, 0.2) is 0 Å². The maximum Gasteiger partial charge on any atom is 0.274 e. The third kappa shape index (κ3) is 2.09. The number of nitrogens with one attached hydrogen (secondary N) is 1. The molecule has 0 unspecified atom stereocenters. The second-order valence-electron chi connectivity index (χ2n) is 3.78. The van der Waals surface area contributed by atoms with E-state index in [2.05, 4.69) is 5.32 Å². The average molecular weight is 206 g/mol. The first-order valence-corrected chi connectivity index (χ1v) is 5.22. The number of hydrogen-bond acceptors (Lipinski definition) is 2. The number of amides is 1. The highest BCUT2D eigenvalue weighted by Gasteiger charge is 2.29. The van der Waals surface area contributed by atoms with Gasteiger partial charge in [-0.1, -0.05) is 0 Å². The molecule has 1 aromatic rings. The van der Waals surface area contributed by atoms with Crippen LogP contribution in [0.3, 0.4) is 0 Å². The molecule has 1 heterocycles. The monoisotopic (exact) mass is 206 g/mol. The van der Waals surface area contributed by atoms with E-state index in [-0.39, 0.29) is 17.4 Å². The predicted molar refractivity (Wildman–Crippen MR) is 57.7 cm³/mol. The van der Waals surface area contributed by atoms with Crippen LogP contribution in [0.4, 0.5) is 5.69 Å². The summed E-state index contributed by atoms with van der Waals surface area (Å²) in [5.41, 5.74) is 0.255. The smallest absolute Gasteiger partial charge is 0.274 e. The van der Waals surface area contributed by atoms with Crippen molar-refractivity contribution in [2.45, 2.75) is 26.3 Å². The lowest BCUT2D eigenvalue weighted by molar-refractivity contribution is -0.117. The number of carbonyl (C=O) groups is 1. The molecule has 4 heteroatoms. The Balaban J connectivity index is 2.20. The number of carbonyl (C=O) groups excluding carboxylic acids is 1. The van der Waals surface area contributed by atoms with Crippen molar-refractivity contribution in [3.8, 4) is 0 Å². The fourth-order valence-corrected chi connectivity index (χ4v) is 1.46. The van der Waals surface area contributed by atoms with Crippen molar-refractivity contribution < 1.29 is 4.79 Å². The van der Waals surface area contributed by atoms with Crippen molar-refractivity contribution in [2.24, 2.45) is 5.92 Å². The van der Waals surface area contributed by atoms with Gasteiger partial charge < -0.3 is 9.88 Å². The first-order valence-electron chi connectivity index (χ1n) is 5.22. The van der Waals surface area contributed by atoms with Gasteiger partial charge in [-0.25, -0.2) is 0 Å². The minimum Gasteiger partial charge on any atom is -0.321 e. The molecule has 1 saturated carbocycles. The second-order valence-corrected chi connectivity index (χ2v) is 3.78. The van der Waals surface area contributed by atoms with Gasteiger partial charge in [0.05, 0.1) is 0 Å². The average Bonchev–Trinajstić information content (AvgIpc) is 3.04. The van der Waals surface area contributed by atoms with E-state index in [4.69, 9.17) is 0 Å². The standard InChI is InChI=1S/C11H14N2O2/c1-2-13-7-3-4-9(11(13)15)12-10(14)8-5-6-8/h3-4,7-8H,2,5-6H2,1H3,(H,12,14). The molecule has 0 atom stereocenters. The van der Waals surface area contributed by atoms with Crippen molar-refractivity contribution in [3.05, 3.63) is 28.7 Å². The summed E-state index contributed by atoms with van der Waals surface area (Å²) >= 11 is 0. The number of aryl methyl sites for hydroxylation is 1. The van der Waals surface area contributed by atoms with Gasteiger partial charge in [0, 0.05) is 18.7 Å². The van der Waals surface area contributed by atoms with Crippen LogP contribution in [-0.2, 0) is 11.3 Å². The highest BCUT2D eigenvalue weighted by atomic mass is 16.2. The lowest BCUT2D eigenvalue weighted by Gasteiger charge is -2.06. The van der Waals surface area contributed by atoms with Crippen LogP contribution in [0.2, 0.25) is 0 Å². The van der Waals surface area contributed by atoms with Gasteiger partial charge in [0.1, 0.15) is 5.69 Å². The lowest BCUT2D eigenvalue weighted by atomic mass is 10.3. The third-order valence-corrected chi connectivity index (χ3v) is 2.57.